The minimum absolute atomic E-state index is 0.242. The minimum atomic E-state index is 0.242. The second-order valence-electron chi connectivity index (χ2n) is 6.39. The zero-order valence-corrected chi connectivity index (χ0v) is 15.2. The summed E-state index contributed by atoms with van der Waals surface area (Å²) in [4.78, 5) is 20.8. The summed E-state index contributed by atoms with van der Waals surface area (Å²) in [5.41, 5.74) is 0. The quantitative estimate of drug-likeness (QED) is 0.396. The Kier molecular flexibility index (Phi) is 8.32. The zero-order chi connectivity index (χ0) is 17.2. The maximum absolute atomic E-state index is 11.8. The van der Waals surface area contributed by atoms with E-state index in [2.05, 4.69) is 27.4 Å². The van der Waals surface area contributed by atoms with E-state index in [1.807, 2.05) is 11.8 Å². The Hall–Kier alpha value is -1.34. The number of ether oxygens (including phenoxy) is 1. The van der Waals surface area contributed by atoms with Crippen molar-refractivity contribution in [1.29, 1.82) is 0 Å². The van der Waals surface area contributed by atoms with Crippen LogP contribution in [0.5, 0.6) is 0 Å². The molecule has 24 heavy (non-hydrogen) atoms. The van der Waals surface area contributed by atoms with Crippen LogP contribution in [0.4, 0.5) is 0 Å². The standard InChI is InChI=1S/C17H33N5O2/c1-3-16(23)22-9-6-15(14-22)20-17(18-4-2)19-7-5-8-21-10-12-24-13-11-21/h15H,3-14H2,1-2H3,(H2,18,19,20). The van der Waals surface area contributed by atoms with Gasteiger partial charge in [0.15, 0.2) is 5.96 Å². The summed E-state index contributed by atoms with van der Waals surface area (Å²) in [6.07, 6.45) is 2.63. The summed E-state index contributed by atoms with van der Waals surface area (Å²) in [6.45, 7) is 12.1. The number of aliphatic imine (C=N–C) groups is 1. The molecule has 0 aromatic rings. The smallest absolute Gasteiger partial charge is 0.222 e. The van der Waals surface area contributed by atoms with Gasteiger partial charge in [0.2, 0.25) is 5.91 Å². The first-order chi connectivity index (χ1) is 11.7. The number of amides is 1. The van der Waals surface area contributed by atoms with Crippen molar-refractivity contribution >= 4 is 11.9 Å². The van der Waals surface area contributed by atoms with Gasteiger partial charge >= 0.3 is 0 Å². The van der Waals surface area contributed by atoms with E-state index >= 15 is 0 Å². The third-order valence-electron chi connectivity index (χ3n) is 4.53. The van der Waals surface area contributed by atoms with E-state index in [0.29, 0.717) is 12.5 Å². The SMILES string of the molecule is CCNC(=NCCCN1CCOCC1)NC1CCN(C(=O)CC)C1. The van der Waals surface area contributed by atoms with Gasteiger partial charge in [-0.1, -0.05) is 6.92 Å². The highest BCUT2D eigenvalue weighted by molar-refractivity contribution is 5.80. The van der Waals surface area contributed by atoms with Gasteiger partial charge in [-0.3, -0.25) is 14.7 Å². The Balaban J connectivity index is 1.71. The van der Waals surface area contributed by atoms with Crippen LogP contribution in [0.2, 0.25) is 0 Å². The lowest BCUT2D eigenvalue weighted by Crippen LogP contribution is -2.45. The molecule has 1 unspecified atom stereocenters. The molecule has 1 atom stereocenters. The molecule has 138 valence electrons. The van der Waals surface area contributed by atoms with Gasteiger partial charge in [0.1, 0.15) is 0 Å². The van der Waals surface area contributed by atoms with Gasteiger partial charge in [-0.05, 0) is 19.8 Å². The number of guanidine groups is 1. The molecule has 0 aromatic heterocycles. The summed E-state index contributed by atoms with van der Waals surface area (Å²) in [5, 5.41) is 6.78. The number of morpholine rings is 1. The van der Waals surface area contributed by atoms with Crippen LogP contribution in [0.15, 0.2) is 4.99 Å². The molecule has 0 spiro atoms. The van der Waals surface area contributed by atoms with Crippen molar-refractivity contribution in [2.24, 2.45) is 4.99 Å². The van der Waals surface area contributed by atoms with Crippen LogP contribution >= 0.6 is 0 Å². The van der Waals surface area contributed by atoms with E-state index in [9.17, 15) is 4.79 Å². The molecule has 0 aliphatic carbocycles. The highest BCUT2D eigenvalue weighted by Gasteiger charge is 2.25. The van der Waals surface area contributed by atoms with Crippen molar-refractivity contribution in [2.75, 3.05) is 59.0 Å². The summed E-state index contributed by atoms with van der Waals surface area (Å²) >= 11 is 0. The molecule has 0 radical (unpaired) electrons. The second-order valence-corrected chi connectivity index (χ2v) is 6.39. The molecule has 0 saturated carbocycles. The number of hydrogen-bond donors (Lipinski definition) is 2. The van der Waals surface area contributed by atoms with E-state index < -0.39 is 0 Å². The normalized spacial score (nSPS) is 22.7. The van der Waals surface area contributed by atoms with Crippen LogP contribution in [0.25, 0.3) is 0 Å². The Bertz CT molecular complexity index is 410. The topological polar surface area (TPSA) is 69.2 Å². The Labute approximate surface area is 145 Å². The molecule has 7 nitrogen and oxygen atoms in total. The molecule has 0 bridgehead atoms. The van der Waals surface area contributed by atoms with Crippen LogP contribution < -0.4 is 10.6 Å². The van der Waals surface area contributed by atoms with Gasteiger partial charge < -0.3 is 20.3 Å². The van der Waals surface area contributed by atoms with Gasteiger partial charge in [-0.2, -0.15) is 0 Å². The van der Waals surface area contributed by atoms with E-state index in [1.165, 1.54) is 0 Å². The number of carbonyl (C=O) groups is 1. The lowest BCUT2D eigenvalue weighted by molar-refractivity contribution is -0.129. The van der Waals surface area contributed by atoms with Crippen molar-refractivity contribution in [3.8, 4) is 0 Å². The fourth-order valence-corrected chi connectivity index (χ4v) is 3.15. The summed E-state index contributed by atoms with van der Waals surface area (Å²) in [7, 11) is 0. The number of nitrogens with one attached hydrogen (secondary N) is 2. The van der Waals surface area contributed by atoms with Crippen molar-refractivity contribution in [2.45, 2.75) is 39.2 Å². The number of hydrogen-bond acceptors (Lipinski definition) is 4. The van der Waals surface area contributed by atoms with Gasteiger partial charge in [0, 0.05) is 58.3 Å². The first kappa shape index (κ1) is 19.0. The molecule has 2 aliphatic heterocycles. The summed E-state index contributed by atoms with van der Waals surface area (Å²) in [6, 6.07) is 0.303. The van der Waals surface area contributed by atoms with Crippen LogP contribution in [-0.4, -0.2) is 86.7 Å². The minimum Gasteiger partial charge on any atom is -0.379 e. The predicted octanol–water partition coefficient (Wildman–Crippen LogP) is 0.275. The lowest BCUT2D eigenvalue weighted by atomic mass is 10.3. The maximum atomic E-state index is 11.8. The van der Waals surface area contributed by atoms with Gasteiger partial charge in [0.05, 0.1) is 13.2 Å². The van der Waals surface area contributed by atoms with Gasteiger partial charge in [-0.25, -0.2) is 0 Å². The highest BCUT2D eigenvalue weighted by Crippen LogP contribution is 2.10. The van der Waals surface area contributed by atoms with Crippen molar-refractivity contribution < 1.29 is 9.53 Å². The highest BCUT2D eigenvalue weighted by atomic mass is 16.5. The fraction of sp³-hybridized carbons (Fsp3) is 0.882. The molecule has 2 aliphatic rings. The van der Waals surface area contributed by atoms with E-state index in [0.717, 1.165) is 77.8 Å². The molecule has 2 fully saturated rings. The van der Waals surface area contributed by atoms with Crippen molar-refractivity contribution in [3.63, 3.8) is 0 Å². The fourth-order valence-electron chi connectivity index (χ4n) is 3.15. The van der Waals surface area contributed by atoms with Crippen LogP contribution in [0.1, 0.15) is 33.1 Å². The number of rotatable bonds is 7. The average molecular weight is 339 g/mol. The summed E-state index contributed by atoms with van der Waals surface area (Å²) < 4.78 is 5.37. The molecule has 2 saturated heterocycles. The second kappa shape index (κ2) is 10.5. The zero-order valence-electron chi connectivity index (χ0n) is 15.2. The molecule has 2 N–H and O–H groups in total. The molecule has 2 rings (SSSR count). The van der Waals surface area contributed by atoms with Gasteiger partial charge in [0.25, 0.3) is 0 Å². The molecular weight excluding hydrogens is 306 g/mol. The maximum Gasteiger partial charge on any atom is 0.222 e. The first-order valence-electron chi connectivity index (χ1n) is 9.35. The van der Waals surface area contributed by atoms with Crippen LogP contribution in [-0.2, 0) is 9.53 Å². The number of likely N-dealkylation sites (tertiary alicyclic amines) is 1. The Morgan fingerprint density at radius 3 is 2.75 bits per heavy atom. The third-order valence-corrected chi connectivity index (χ3v) is 4.53. The van der Waals surface area contributed by atoms with Crippen LogP contribution in [0.3, 0.4) is 0 Å². The predicted molar refractivity (Wildman–Crippen MR) is 96.3 cm³/mol. The molecule has 0 aromatic carbocycles. The Morgan fingerprint density at radius 1 is 1.25 bits per heavy atom. The van der Waals surface area contributed by atoms with Crippen LogP contribution in [0, 0.1) is 0 Å². The van der Waals surface area contributed by atoms with Crippen molar-refractivity contribution in [1.82, 2.24) is 20.4 Å². The molecule has 1 amide bonds. The first-order valence-corrected chi connectivity index (χ1v) is 9.35. The largest absolute Gasteiger partial charge is 0.379 e. The molecular formula is C17H33N5O2. The number of nitrogens with zero attached hydrogens (tertiary/aromatic N) is 3. The average Bonchev–Trinajstić information content (AvgIpc) is 3.07. The van der Waals surface area contributed by atoms with E-state index in [1.54, 1.807) is 0 Å². The molecule has 2 heterocycles. The van der Waals surface area contributed by atoms with E-state index in [-0.39, 0.29) is 5.91 Å². The third kappa shape index (κ3) is 6.28. The lowest BCUT2D eigenvalue weighted by Gasteiger charge is -2.26. The summed E-state index contributed by atoms with van der Waals surface area (Å²) in [5.74, 6) is 1.11. The van der Waals surface area contributed by atoms with Crippen molar-refractivity contribution in [3.05, 3.63) is 0 Å². The molecule has 7 heteroatoms. The van der Waals surface area contributed by atoms with E-state index in [4.69, 9.17) is 4.74 Å². The number of carbonyl (C=O) groups excluding carboxylic acids is 1. The monoisotopic (exact) mass is 339 g/mol. The van der Waals surface area contributed by atoms with Gasteiger partial charge in [-0.15, -0.1) is 0 Å². The Morgan fingerprint density at radius 2 is 2.04 bits per heavy atom.